The SMILES string of the molecule is CCCCCCCCCCCCCC[PH2+]CCCCCCCCCCCCCC.O=S(=O)([N-]S(=O)(=O)C(F)(F)F)C(F)(F)F. The number of sulfonamides is 2. The van der Waals surface area contributed by atoms with Crippen molar-refractivity contribution in [1.82, 2.24) is 0 Å². The number of hydrogen-bond donors (Lipinski definition) is 0. The van der Waals surface area contributed by atoms with Crippen molar-refractivity contribution in [2.24, 2.45) is 0 Å². The molecule has 44 heavy (non-hydrogen) atoms. The number of alkyl halides is 6. The molecular weight excluding hydrogens is 647 g/mol. The lowest BCUT2D eigenvalue weighted by molar-refractivity contribution is -0.0444. The molecule has 0 heterocycles. The molecule has 0 fully saturated rings. The van der Waals surface area contributed by atoms with Crippen molar-refractivity contribution in [1.29, 1.82) is 0 Å². The minimum absolute atomic E-state index is 0.775. The fourth-order valence-electron chi connectivity index (χ4n) is 4.62. The number of unbranched alkanes of at least 4 members (excludes halogenated alkanes) is 22. The second-order valence-corrected chi connectivity index (χ2v) is 16.7. The molecule has 0 spiro atoms. The van der Waals surface area contributed by atoms with Crippen LogP contribution in [-0.2, 0) is 20.0 Å². The van der Waals surface area contributed by atoms with Crippen LogP contribution in [0.4, 0.5) is 26.3 Å². The van der Waals surface area contributed by atoms with Gasteiger partial charge in [-0.3, -0.25) is 0 Å². The van der Waals surface area contributed by atoms with Gasteiger partial charge in [0.2, 0.25) is 0 Å². The van der Waals surface area contributed by atoms with Gasteiger partial charge in [0, 0.05) is 0 Å². The molecular formula is C30H60F6NO4PS2. The van der Waals surface area contributed by atoms with E-state index in [9.17, 15) is 43.2 Å². The molecule has 0 aromatic carbocycles. The van der Waals surface area contributed by atoms with Gasteiger partial charge in [-0.15, -0.1) is 0 Å². The fraction of sp³-hybridized carbons (Fsp3) is 1.00. The third kappa shape index (κ3) is 28.1. The maximum atomic E-state index is 11.4. The van der Waals surface area contributed by atoms with Crippen molar-refractivity contribution in [3.8, 4) is 0 Å². The second-order valence-electron chi connectivity index (χ2n) is 11.6. The normalized spacial score (nSPS) is 12.7. The number of rotatable bonds is 28. The molecule has 268 valence electrons. The number of nitrogens with zero attached hydrogens (tertiary/aromatic N) is 1. The maximum Gasteiger partial charge on any atom is 0.480 e. The van der Waals surface area contributed by atoms with E-state index in [0.29, 0.717) is 0 Å². The Kier molecular flexibility index (Phi) is 29.2. The van der Waals surface area contributed by atoms with Crippen LogP contribution >= 0.6 is 8.58 Å². The van der Waals surface area contributed by atoms with E-state index in [2.05, 4.69) is 13.8 Å². The summed E-state index contributed by atoms with van der Waals surface area (Å²) in [6, 6.07) is 0. The van der Waals surface area contributed by atoms with Gasteiger partial charge in [0.1, 0.15) is 0 Å². The van der Waals surface area contributed by atoms with E-state index in [1.165, 1.54) is 154 Å². The van der Waals surface area contributed by atoms with Crippen molar-refractivity contribution in [3.05, 3.63) is 4.13 Å². The van der Waals surface area contributed by atoms with Crippen molar-refractivity contribution < 1.29 is 43.2 Å². The largest absolute Gasteiger partial charge is 0.480 e. The Hall–Kier alpha value is -0.130. The lowest BCUT2D eigenvalue weighted by Gasteiger charge is -2.22. The Morgan fingerprint density at radius 3 is 0.818 bits per heavy atom. The summed E-state index contributed by atoms with van der Waals surface area (Å²) in [5, 5.41) is 0. The predicted octanol–water partition coefficient (Wildman–Crippen LogP) is 11.9. The molecule has 5 nitrogen and oxygen atoms in total. The Morgan fingerprint density at radius 2 is 0.614 bits per heavy atom. The molecule has 0 amide bonds. The van der Waals surface area contributed by atoms with Gasteiger partial charge in [0.05, 0.1) is 12.3 Å². The molecule has 14 heteroatoms. The van der Waals surface area contributed by atoms with Gasteiger partial charge in [0.15, 0.2) is 20.0 Å². The molecule has 0 N–H and O–H groups in total. The zero-order valence-corrected chi connectivity index (χ0v) is 29.9. The van der Waals surface area contributed by atoms with Gasteiger partial charge in [0.25, 0.3) is 0 Å². The summed E-state index contributed by atoms with van der Waals surface area (Å²) < 4.78 is 109. The predicted molar refractivity (Wildman–Crippen MR) is 175 cm³/mol. The lowest BCUT2D eigenvalue weighted by atomic mass is 10.1. The Morgan fingerprint density at radius 1 is 0.409 bits per heavy atom. The van der Waals surface area contributed by atoms with E-state index in [4.69, 9.17) is 0 Å². The summed E-state index contributed by atoms with van der Waals surface area (Å²) in [5.41, 5.74) is -12.4. The van der Waals surface area contributed by atoms with Crippen LogP contribution in [-0.4, -0.2) is 40.2 Å². The smallest absolute Gasteiger partial charge is 0.421 e. The number of hydrogen-bond acceptors (Lipinski definition) is 4. The monoisotopic (exact) mass is 707 g/mol. The van der Waals surface area contributed by atoms with Gasteiger partial charge in [-0.2, -0.15) is 26.3 Å². The molecule has 0 radical (unpaired) electrons. The zero-order valence-electron chi connectivity index (χ0n) is 27.1. The first-order chi connectivity index (χ1) is 20.6. The molecule has 0 rings (SSSR count). The van der Waals surface area contributed by atoms with Crippen molar-refractivity contribution in [3.63, 3.8) is 0 Å². The Balaban J connectivity index is 0. The summed E-state index contributed by atoms with van der Waals surface area (Å²) >= 11 is 0. The first kappa shape index (κ1) is 46.0. The van der Waals surface area contributed by atoms with Crippen molar-refractivity contribution >= 4 is 28.6 Å². The molecule has 0 atom stereocenters. The molecule has 0 aromatic rings. The summed E-state index contributed by atoms with van der Waals surface area (Å²) in [4.78, 5) is 0. The van der Waals surface area contributed by atoms with Crippen LogP contribution in [0.25, 0.3) is 4.13 Å². The van der Waals surface area contributed by atoms with Gasteiger partial charge in [-0.1, -0.05) is 142 Å². The molecule has 0 unspecified atom stereocenters. The van der Waals surface area contributed by atoms with Crippen molar-refractivity contribution in [2.75, 3.05) is 12.3 Å². The molecule has 0 bridgehead atoms. The van der Waals surface area contributed by atoms with E-state index < -0.39 is 31.1 Å². The standard InChI is InChI=1S/C28H59P.C2F6NO4S2/c1-3-5-7-9-11-13-15-17-19-21-23-25-27-29-28-26-24-22-20-18-16-14-12-10-8-6-4-2;3-1(4,5)14(10,11)9-15(12,13)2(6,7)8/h29H,3-28H2,1-2H3;/q;-1/p+1. The summed E-state index contributed by atoms with van der Waals surface area (Å²) in [7, 11) is -12.7. The summed E-state index contributed by atoms with van der Waals surface area (Å²) in [5.74, 6) is 0. The Labute approximate surface area is 266 Å². The van der Waals surface area contributed by atoms with Crippen LogP contribution in [0.1, 0.15) is 168 Å². The molecule has 0 aliphatic carbocycles. The van der Waals surface area contributed by atoms with E-state index in [1.807, 2.05) is 0 Å². The van der Waals surface area contributed by atoms with Crippen LogP contribution in [0.15, 0.2) is 0 Å². The summed E-state index contributed by atoms with van der Waals surface area (Å²) in [6.07, 6.45) is 38.8. The van der Waals surface area contributed by atoms with Gasteiger partial charge in [-0.25, -0.2) is 16.8 Å². The first-order valence-electron chi connectivity index (χ1n) is 16.8. The topological polar surface area (TPSA) is 82.4 Å². The van der Waals surface area contributed by atoms with E-state index in [-0.39, 0.29) is 0 Å². The quantitative estimate of drug-likeness (QED) is 0.0460. The van der Waals surface area contributed by atoms with Crippen LogP contribution in [0.3, 0.4) is 0 Å². The van der Waals surface area contributed by atoms with Crippen LogP contribution < -0.4 is 0 Å². The van der Waals surface area contributed by atoms with Crippen molar-refractivity contribution in [2.45, 2.75) is 179 Å². The minimum Gasteiger partial charge on any atom is -0.421 e. The third-order valence-corrected chi connectivity index (χ3v) is 11.7. The average Bonchev–Trinajstić information content (AvgIpc) is 2.91. The fourth-order valence-corrected chi connectivity index (χ4v) is 7.77. The van der Waals surface area contributed by atoms with E-state index in [1.54, 1.807) is 12.3 Å². The lowest BCUT2D eigenvalue weighted by Crippen LogP contribution is -2.30. The van der Waals surface area contributed by atoms with Gasteiger partial charge in [-0.05, 0) is 34.3 Å². The molecule has 0 saturated carbocycles. The van der Waals surface area contributed by atoms with Crippen LogP contribution in [0.2, 0.25) is 0 Å². The highest BCUT2D eigenvalue weighted by Crippen LogP contribution is 2.36. The maximum absolute atomic E-state index is 11.4. The number of halogens is 6. The van der Waals surface area contributed by atoms with Gasteiger partial charge < -0.3 is 4.13 Å². The van der Waals surface area contributed by atoms with Crippen LogP contribution in [0, 0.1) is 0 Å². The molecule has 0 aliphatic rings. The zero-order chi connectivity index (χ0) is 33.8. The Bertz CT molecular complexity index is 787. The van der Waals surface area contributed by atoms with Crippen LogP contribution in [0.5, 0.6) is 0 Å². The minimum atomic E-state index is -6.72. The molecule has 0 aliphatic heterocycles. The molecule has 0 aromatic heterocycles. The summed E-state index contributed by atoms with van der Waals surface area (Å²) in [6.45, 7) is 4.61. The highest BCUT2D eigenvalue weighted by atomic mass is 32.3. The first-order valence-corrected chi connectivity index (χ1v) is 21.3. The average molecular weight is 708 g/mol. The van der Waals surface area contributed by atoms with E-state index in [0.717, 1.165) is 12.7 Å². The highest BCUT2D eigenvalue weighted by molar-refractivity contribution is 8.13. The van der Waals surface area contributed by atoms with E-state index >= 15 is 0 Å². The van der Waals surface area contributed by atoms with Gasteiger partial charge >= 0.3 is 11.0 Å². The third-order valence-electron chi connectivity index (χ3n) is 7.30. The second kappa shape index (κ2) is 27.9. The molecule has 0 saturated heterocycles. The highest BCUT2D eigenvalue weighted by Gasteiger charge is 2.46.